The zero-order valence-electron chi connectivity index (χ0n) is 16.5. The molecule has 6 nitrogen and oxygen atoms in total. The van der Waals surface area contributed by atoms with E-state index in [9.17, 15) is 17.6 Å². The van der Waals surface area contributed by atoms with Crippen molar-refractivity contribution in [2.75, 3.05) is 16.6 Å². The third kappa shape index (κ3) is 5.36. The van der Waals surface area contributed by atoms with Crippen LogP contribution in [0.1, 0.15) is 11.1 Å². The molecule has 0 aromatic heterocycles. The summed E-state index contributed by atoms with van der Waals surface area (Å²) in [4.78, 5) is 12.1. The molecule has 0 aliphatic rings. The number of rotatable bonds is 7. The second kappa shape index (κ2) is 8.96. The smallest absolute Gasteiger partial charge is 0.262 e. The van der Waals surface area contributed by atoms with E-state index in [1.54, 1.807) is 25.1 Å². The first kappa shape index (κ1) is 21.3. The number of nitrogens with one attached hydrogen (secondary N) is 2. The van der Waals surface area contributed by atoms with Crippen LogP contribution in [0.25, 0.3) is 0 Å². The number of para-hydroxylation sites is 1. The molecule has 0 fully saturated rings. The summed E-state index contributed by atoms with van der Waals surface area (Å²) in [5.41, 5.74) is 2.40. The molecule has 0 heterocycles. The number of benzene rings is 3. The van der Waals surface area contributed by atoms with Crippen LogP contribution in [0.15, 0.2) is 71.6 Å². The summed E-state index contributed by atoms with van der Waals surface area (Å²) in [5.74, 6) is -0.578. The second-order valence-corrected chi connectivity index (χ2v) is 8.37. The SMILES string of the molecule is Cc1ccc(F)cc1NC(=O)COc1ccc(S(=O)(=O)Nc2ccccc2C)cc1. The summed E-state index contributed by atoms with van der Waals surface area (Å²) in [5, 5.41) is 2.58. The molecule has 156 valence electrons. The van der Waals surface area contributed by atoms with E-state index in [2.05, 4.69) is 10.0 Å². The van der Waals surface area contributed by atoms with Crippen LogP contribution in [0.3, 0.4) is 0 Å². The molecular formula is C22H21FN2O4S. The van der Waals surface area contributed by atoms with Crippen LogP contribution in [0.4, 0.5) is 15.8 Å². The molecule has 0 bridgehead atoms. The van der Waals surface area contributed by atoms with Crippen molar-refractivity contribution in [3.05, 3.63) is 83.7 Å². The van der Waals surface area contributed by atoms with Gasteiger partial charge in [0.05, 0.1) is 10.6 Å². The van der Waals surface area contributed by atoms with Gasteiger partial charge in [0.25, 0.3) is 15.9 Å². The molecule has 3 aromatic rings. The quantitative estimate of drug-likeness (QED) is 0.589. The lowest BCUT2D eigenvalue weighted by Gasteiger charge is -2.12. The Hall–Kier alpha value is -3.39. The molecular weight excluding hydrogens is 407 g/mol. The lowest BCUT2D eigenvalue weighted by Crippen LogP contribution is -2.20. The molecule has 3 aromatic carbocycles. The summed E-state index contributed by atoms with van der Waals surface area (Å²) >= 11 is 0. The van der Waals surface area contributed by atoms with Gasteiger partial charge in [-0.1, -0.05) is 24.3 Å². The van der Waals surface area contributed by atoms with E-state index in [0.29, 0.717) is 17.1 Å². The molecule has 0 unspecified atom stereocenters. The molecule has 1 amide bonds. The predicted molar refractivity (Wildman–Crippen MR) is 114 cm³/mol. The van der Waals surface area contributed by atoms with Crippen LogP contribution in [-0.2, 0) is 14.8 Å². The van der Waals surface area contributed by atoms with Gasteiger partial charge in [-0.15, -0.1) is 0 Å². The maximum absolute atomic E-state index is 13.3. The Bertz CT molecular complexity index is 1160. The molecule has 3 rings (SSSR count). The van der Waals surface area contributed by atoms with Gasteiger partial charge in [-0.2, -0.15) is 0 Å². The number of sulfonamides is 1. The molecule has 0 aliphatic heterocycles. The fraction of sp³-hybridized carbons (Fsp3) is 0.136. The van der Waals surface area contributed by atoms with E-state index < -0.39 is 21.7 Å². The number of carbonyl (C=O) groups excluding carboxylic acids is 1. The van der Waals surface area contributed by atoms with Gasteiger partial charge in [-0.05, 0) is 67.4 Å². The molecule has 0 saturated heterocycles. The highest BCUT2D eigenvalue weighted by atomic mass is 32.2. The topological polar surface area (TPSA) is 84.5 Å². The van der Waals surface area contributed by atoms with Gasteiger partial charge in [0.15, 0.2) is 6.61 Å². The van der Waals surface area contributed by atoms with Gasteiger partial charge in [0.2, 0.25) is 0 Å². The number of halogens is 1. The summed E-state index contributed by atoms with van der Waals surface area (Å²) < 4.78 is 46.3. The van der Waals surface area contributed by atoms with E-state index in [-0.39, 0.29) is 11.5 Å². The highest BCUT2D eigenvalue weighted by Gasteiger charge is 2.15. The molecule has 0 aliphatic carbocycles. The van der Waals surface area contributed by atoms with Crippen molar-refractivity contribution in [3.63, 3.8) is 0 Å². The number of carbonyl (C=O) groups is 1. The van der Waals surface area contributed by atoms with E-state index >= 15 is 0 Å². The Morgan fingerprint density at radius 2 is 1.60 bits per heavy atom. The Kier molecular flexibility index (Phi) is 6.37. The second-order valence-electron chi connectivity index (χ2n) is 6.69. The number of hydrogen-bond donors (Lipinski definition) is 2. The first-order valence-corrected chi connectivity index (χ1v) is 10.6. The zero-order chi connectivity index (χ0) is 21.7. The third-order valence-electron chi connectivity index (χ3n) is 4.37. The summed E-state index contributed by atoms with van der Waals surface area (Å²) in [6, 6.07) is 16.9. The minimum atomic E-state index is -3.75. The highest BCUT2D eigenvalue weighted by Crippen LogP contribution is 2.21. The Morgan fingerprint density at radius 3 is 2.30 bits per heavy atom. The Balaban J connectivity index is 1.61. The van der Waals surface area contributed by atoms with Crippen molar-refractivity contribution in [1.29, 1.82) is 0 Å². The Labute approximate surface area is 174 Å². The number of ether oxygens (including phenoxy) is 1. The van der Waals surface area contributed by atoms with Crippen LogP contribution in [0.5, 0.6) is 5.75 Å². The molecule has 30 heavy (non-hydrogen) atoms. The van der Waals surface area contributed by atoms with Crippen molar-refractivity contribution in [2.24, 2.45) is 0 Å². The molecule has 0 saturated carbocycles. The molecule has 0 radical (unpaired) electrons. The van der Waals surface area contributed by atoms with E-state index in [4.69, 9.17) is 4.74 Å². The van der Waals surface area contributed by atoms with Gasteiger partial charge >= 0.3 is 0 Å². The summed E-state index contributed by atoms with van der Waals surface area (Å²) in [6.45, 7) is 3.26. The summed E-state index contributed by atoms with van der Waals surface area (Å²) in [6.07, 6.45) is 0. The number of aryl methyl sites for hydroxylation is 2. The van der Waals surface area contributed by atoms with Crippen LogP contribution >= 0.6 is 0 Å². The lowest BCUT2D eigenvalue weighted by atomic mass is 10.2. The molecule has 0 atom stereocenters. The standard InChI is InChI=1S/C22H21FN2O4S/c1-15-5-3-4-6-20(15)25-30(27,28)19-11-9-18(10-12-19)29-14-22(26)24-21-13-17(23)8-7-16(21)2/h3-13,25H,14H2,1-2H3,(H,24,26). The average Bonchev–Trinajstić information content (AvgIpc) is 2.71. The van der Waals surface area contributed by atoms with Crippen LogP contribution in [0, 0.1) is 19.7 Å². The fourth-order valence-electron chi connectivity index (χ4n) is 2.67. The number of amides is 1. The van der Waals surface area contributed by atoms with Crippen molar-refractivity contribution >= 4 is 27.3 Å². The predicted octanol–water partition coefficient (Wildman–Crippen LogP) is 4.26. The number of anilines is 2. The van der Waals surface area contributed by atoms with Crippen molar-refractivity contribution in [1.82, 2.24) is 0 Å². The van der Waals surface area contributed by atoms with Crippen LogP contribution in [0.2, 0.25) is 0 Å². The first-order valence-electron chi connectivity index (χ1n) is 9.12. The molecule has 8 heteroatoms. The van der Waals surface area contributed by atoms with Crippen LogP contribution < -0.4 is 14.8 Å². The van der Waals surface area contributed by atoms with E-state index in [1.807, 2.05) is 19.1 Å². The van der Waals surface area contributed by atoms with Gasteiger partial charge < -0.3 is 10.1 Å². The van der Waals surface area contributed by atoms with Crippen molar-refractivity contribution in [3.8, 4) is 5.75 Å². The average molecular weight is 428 g/mol. The van der Waals surface area contributed by atoms with E-state index in [0.717, 1.165) is 11.1 Å². The monoisotopic (exact) mass is 428 g/mol. The molecule has 2 N–H and O–H groups in total. The minimum absolute atomic E-state index is 0.0675. The maximum Gasteiger partial charge on any atom is 0.262 e. The van der Waals surface area contributed by atoms with Gasteiger partial charge in [0, 0.05) is 5.69 Å². The van der Waals surface area contributed by atoms with Gasteiger partial charge in [-0.25, -0.2) is 12.8 Å². The van der Waals surface area contributed by atoms with E-state index in [1.165, 1.54) is 36.4 Å². The normalized spacial score (nSPS) is 11.0. The highest BCUT2D eigenvalue weighted by molar-refractivity contribution is 7.92. The molecule has 0 spiro atoms. The summed E-state index contributed by atoms with van der Waals surface area (Å²) in [7, 11) is -3.75. The Morgan fingerprint density at radius 1 is 0.933 bits per heavy atom. The van der Waals surface area contributed by atoms with Gasteiger partial charge in [0.1, 0.15) is 11.6 Å². The van der Waals surface area contributed by atoms with Crippen molar-refractivity contribution < 1.29 is 22.3 Å². The zero-order valence-corrected chi connectivity index (χ0v) is 17.3. The van der Waals surface area contributed by atoms with Crippen molar-refractivity contribution in [2.45, 2.75) is 18.7 Å². The lowest BCUT2D eigenvalue weighted by molar-refractivity contribution is -0.118. The first-order chi connectivity index (χ1) is 14.2. The number of hydrogen-bond acceptors (Lipinski definition) is 4. The third-order valence-corrected chi connectivity index (χ3v) is 5.75. The maximum atomic E-state index is 13.3. The minimum Gasteiger partial charge on any atom is -0.484 e. The van der Waals surface area contributed by atoms with Gasteiger partial charge in [-0.3, -0.25) is 9.52 Å². The fourth-order valence-corrected chi connectivity index (χ4v) is 3.80. The largest absolute Gasteiger partial charge is 0.484 e. The van der Waals surface area contributed by atoms with Crippen LogP contribution in [-0.4, -0.2) is 20.9 Å².